The number of nitrogens with one attached hydrogen (secondary N) is 1. The third-order valence-electron chi connectivity index (χ3n) is 3.21. The van der Waals surface area contributed by atoms with Gasteiger partial charge in [0.1, 0.15) is 11.6 Å². The Labute approximate surface area is 105 Å². The summed E-state index contributed by atoms with van der Waals surface area (Å²) in [5, 5.41) is 3.11. The summed E-state index contributed by atoms with van der Waals surface area (Å²) in [5.74, 6) is -1.55. The number of hydrogen-bond donors (Lipinski definition) is 1. The Morgan fingerprint density at radius 2 is 2.17 bits per heavy atom. The van der Waals surface area contributed by atoms with Crippen LogP contribution in [0.4, 0.5) is 14.5 Å². The molecular formula is C13H16F2N2O. The quantitative estimate of drug-likeness (QED) is 0.876. The van der Waals surface area contributed by atoms with E-state index in [-0.39, 0.29) is 17.6 Å². The van der Waals surface area contributed by atoms with Crippen molar-refractivity contribution in [2.24, 2.45) is 0 Å². The van der Waals surface area contributed by atoms with E-state index >= 15 is 0 Å². The van der Waals surface area contributed by atoms with E-state index in [9.17, 15) is 13.6 Å². The zero-order chi connectivity index (χ0) is 13.1. The summed E-state index contributed by atoms with van der Waals surface area (Å²) >= 11 is 0. The summed E-state index contributed by atoms with van der Waals surface area (Å²) in [6, 6.07) is 2.95. The first-order valence-corrected chi connectivity index (χ1v) is 6.05. The van der Waals surface area contributed by atoms with Gasteiger partial charge in [0.05, 0.1) is 11.7 Å². The fourth-order valence-corrected chi connectivity index (χ4v) is 2.17. The van der Waals surface area contributed by atoms with Gasteiger partial charge < -0.3 is 10.2 Å². The second-order valence-corrected chi connectivity index (χ2v) is 4.50. The molecule has 1 unspecified atom stereocenters. The van der Waals surface area contributed by atoms with Gasteiger partial charge in [-0.2, -0.15) is 0 Å². The van der Waals surface area contributed by atoms with Gasteiger partial charge in [0.15, 0.2) is 0 Å². The molecule has 1 amide bonds. The van der Waals surface area contributed by atoms with Gasteiger partial charge in [-0.1, -0.05) is 6.42 Å². The molecule has 1 aliphatic rings. The van der Waals surface area contributed by atoms with Crippen molar-refractivity contribution in [2.45, 2.75) is 25.3 Å². The molecule has 1 atom stereocenters. The molecular weight excluding hydrogens is 238 g/mol. The number of benzene rings is 1. The molecule has 1 aliphatic heterocycles. The number of piperidine rings is 1. The summed E-state index contributed by atoms with van der Waals surface area (Å²) < 4.78 is 26.4. The molecule has 0 aromatic heterocycles. The largest absolute Gasteiger partial charge is 0.311 e. The number of rotatable bonds is 2. The minimum Gasteiger partial charge on any atom is -0.311 e. The van der Waals surface area contributed by atoms with Gasteiger partial charge in [-0.25, -0.2) is 8.78 Å². The van der Waals surface area contributed by atoms with Crippen LogP contribution in [0, 0.1) is 11.6 Å². The minimum atomic E-state index is -0.721. The van der Waals surface area contributed by atoms with Crippen LogP contribution in [0.15, 0.2) is 18.2 Å². The molecule has 0 spiro atoms. The monoisotopic (exact) mass is 254 g/mol. The highest BCUT2D eigenvalue weighted by Crippen LogP contribution is 2.21. The van der Waals surface area contributed by atoms with Crippen molar-refractivity contribution in [1.29, 1.82) is 0 Å². The van der Waals surface area contributed by atoms with E-state index in [0.29, 0.717) is 0 Å². The Morgan fingerprint density at radius 3 is 2.78 bits per heavy atom. The first-order valence-electron chi connectivity index (χ1n) is 6.05. The molecule has 1 saturated heterocycles. The van der Waals surface area contributed by atoms with Crippen molar-refractivity contribution >= 4 is 11.6 Å². The van der Waals surface area contributed by atoms with Crippen LogP contribution in [0.1, 0.15) is 19.3 Å². The van der Waals surface area contributed by atoms with Crippen molar-refractivity contribution in [3.63, 3.8) is 0 Å². The fraction of sp³-hybridized carbons (Fsp3) is 0.462. The average molecular weight is 254 g/mol. The maximum Gasteiger partial charge on any atom is 0.243 e. The van der Waals surface area contributed by atoms with Gasteiger partial charge in [0, 0.05) is 13.1 Å². The molecule has 1 heterocycles. The number of carbonyl (C=O) groups excluding carboxylic acids is 1. The molecule has 98 valence electrons. The van der Waals surface area contributed by atoms with E-state index in [4.69, 9.17) is 0 Å². The number of nitrogens with zero attached hydrogens (tertiary/aromatic N) is 1. The molecule has 0 bridgehead atoms. The normalized spacial score (nSPS) is 19.6. The summed E-state index contributed by atoms with van der Waals surface area (Å²) in [4.78, 5) is 13.4. The first-order chi connectivity index (χ1) is 8.59. The highest BCUT2D eigenvalue weighted by atomic mass is 19.1. The smallest absolute Gasteiger partial charge is 0.243 e. The lowest BCUT2D eigenvalue weighted by Gasteiger charge is -2.27. The predicted octanol–water partition coefficient (Wildman–Crippen LogP) is 2.07. The van der Waals surface area contributed by atoms with Gasteiger partial charge in [-0.05, 0) is 31.5 Å². The number of halogens is 2. The van der Waals surface area contributed by atoms with Gasteiger partial charge in [0.2, 0.25) is 5.91 Å². The second-order valence-electron chi connectivity index (χ2n) is 4.50. The van der Waals surface area contributed by atoms with Crippen molar-refractivity contribution in [1.82, 2.24) is 5.32 Å². The summed E-state index contributed by atoms with van der Waals surface area (Å²) in [6.45, 7) is 0.802. The van der Waals surface area contributed by atoms with E-state index in [2.05, 4.69) is 5.32 Å². The van der Waals surface area contributed by atoms with Crippen molar-refractivity contribution in [3.05, 3.63) is 29.8 Å². The number of anilines is 1. The lowest BCUT2D eigenvalue weighted by Crippen LogP contribution is -2.47. The number of hydrogen-bond acceptors (Lipinski definition) is 2. The number of amides is 1. The van der Waals surface area contributed by atoms with E-state index in [1.54, 1.807) is 0 Å². The summed E-state index contributed by atoms with van der Waals surface area (Å²) in [5.41, 5.74) is 0.105. The fourth-order valence-electron chi connectivity index (χ4n) is 2.17. The minimum absolute atomic E-state index is 0.105. The van der Waals surface area contributed by atoms with Crippen molar-refractivity contribution in [2.75, 3.05) is 18.5 Å². The first kappa shape index (κ1) is 13.0. The van der Waals surface area contributed by atoms with Gasteiger partial charge >= 0.3 is 0 Å². The lowest BCUT2D eigenvalue weighted by molar-refractivity contribution is -0.120. The Hall–Kier alpha value is -1.49. The van der Waals surface area contributed by atoms with E-state index in [0.717, 1.165) is 37.9 Å². The molecule has 0 aliphatic carbocycles. The predicted molar refractivity (Wildman–Crippen MR) is 65.4 cm³/mol. The SMILES string of the molecule is CN(C(=O)C1CCCCN1)c1ccc(F)cc1F. The lowest BCUT2D eigenvalue weighted by atomic mass is 10.0. The third-order valence-corrected chi connectivity index (χ3v) is 3.21. The number of carbonyl (C=O) groups is 1. The van der Waals surface area contributed by atoms with E-state index in [1.807, 2.05) is 0 Å². The maximum atomic E-state index is 13.6. The molecule has 5 heteroatoms. The Kier molecular flexibility index (Phi) is 3.91. The standard InChI is InChI=1S/C13H16F2N2O/c1-17(12-6-5-9(14)8-10(12)15)13(18)11-4-2-3-7-16-11/h5-6,8,11,16H,2-4,7H2,1H3. The third kappa shape index (κ3) is 2.67. The van der Waals surface area contributed by atoms with Crippen LogP contribution in [0.5, 0.6) is 0 Å². The zero-order valence-electron chi connectivity index (χ0n) is 10.2. The van der Waals surface area contributed by atoms with Gasteiger partial charge in [0.25, 0.3) is 0 Å². The molecule has 1 fully saturated rings. The van der Waals surface area contributed by atoms with Gasteiger partial charge in [-0.3, -0.25) is 4.79 Å². The van der Waals surface area contributed by atoms with Crippen LogP contribution >= 0.6 is 0 Å². The van der Waals surface area contributed by atoms with Crippen molar-refractivity contribution in [3.8, 4) is 0 Å². The Bertz CT molecular complexity index is 445. The molecule has 1 aromatic carbocycles. The van der Waals surface area contributed by atoms with Crippen LogP contribution in [0.2, 0.25) is 0 Å². The Balaban J connectivity index is 2.14. The van der Waals surface area contributed by atoms with Crippen LogP contribution in [0.3, 0.4) is 0 Å². The van der Waals surface area contributed by atoms with Crippen LogP contribution in [-0.4, -0.2) is 25.5 Å². The summed E-state index contributed by atoms with van der Waals surface area (Å²) in [7, 11) is 1.51. The maximum absolute atomic E-state index is 13.6. The molecule has 0 saturated carbocycles. The highest BCUT2D eigenvalue weighted by Gasteiger charge is 2.25. The zero-order valence-corrected chi connectivity index (χ0v) is 10.2. The Morgan fingerprint density at radius 1 is 1.39 bits per heavy atom. The molecule has 1 aromatic rings. The molecule has 18 heavy (non-hydrogen) atoms. The molecule has 3 nitrogen and oxygen atoms in total. The van der Waals surface area contributed by atoms with Crippen LogP contribution in [0.25, 0.3) is 0 Å². The molecule has 0 radical (unpaired) electrons. The van der Waals surface area contributed by atoms with E-state index < -0.39 is 11.6 Å². The molecule has 1 N–H and O–H groups in total. The highest BCUT2D eigenvalue weighted by molar-refractivity contribution is 5.96. The number of likely N-dealkylation sites (N-methyl/N-ethyl adjacent to an activating group) is 1. The van der Waals surface area contributed by atoms with Crippen molar-refractivity contribution < 1.29 is 13.6 Å². The topological polar surface area (TPSA) is 32.3 Å². The summed E-state index contributed by atoms with van der Waals surface area (Å²) in [6.07, 6.45) is 2.80. The second kappa shape index (κ2) is 5.44. The van der Waals surface area contributed by atoms with E-state index in [1.165, 1.54) is 18.0 Å². The van der Waals surface area contributed by atoms with Crippen LogP contribution in [-0.2, 0) is 4.79 Å². The average Bonchev–Trinajstić information content (AvgIpc) is 2.38. The molecule has 2 rings (SSSR count). The van der Waals surface area contributed by atoms with Gasteiger partial charge in [-0.15, -0.1) is 0 Å². The van der Waals surface area contributed by atoms with Crippen LogP contribution < -0.4 is 10.2 Å².